The van der Waals surface area contributed by atoms with E-state index >= 15 is 0 Å². The highest BCUT2D eigenvalue weighted by atomic mass is 16.3. The summed E-state index contributed by atoms with van der Waals surface area (Å²) in [6.07, 6.45) is 0. The maximum Gasteiger partial charge on any atom is 0.164 e. The van der Waals surface area contributed by atoms with Crippen molar-refractivity contribution in [1.29, 1.82) is 0 Å². The first-order valence-corrected chi connectivity index (χ1v) is 16.5. The second-order valence-electron chi connectivity index (χ2n) is 12.3. The lowest BCUT2D eigenvalue weighted by Crippen LogP contribution is -2.01. The summed E-state index contributed by atoms with van der Waals surface area (Å²) in [4.78, 5) is 15.5. The molecule has 0 fully saturated rings. The van der Waals surface area contributed by atoms with Gasteiger partial charge in [0.15, 0.2) is 17.5 Å². The fourth-order valence-corrected chi connectivity index (χ4v) is 7.30. The lowest BCUT2D eigenvalue weighted by atomic mass is 9.92. The summed E-state index contributed by atoms with van der Waals surface area (Å²) < 4.78 is 6.26. The van der Waals surface area contributed by atoms with Crippen LogP contribution in [0.4, 0.5) is 0 Å². The lowest BCUT2D eigenvalue weighted by molar-refractivity contribution is 0.669. The van der Waals surface area contributed by atoms with Gasteiger partial charge in [0.25, 0.3) is 0 Å². The van der Waals surface area contributed by atoms with Crippen molar-refractivity contribution in [2.24, 2.45) is 0 Å². The van der Waals surface area contributed by atoms with Gasteiger partial charge in [-0.1, -0.05) is 140 Å². The van der Waals surface area contributed by atoms with E-state index in [-0.39, 0.29) is 0 Å². The number of furan rings is 1. The van der Waals surface area contributed by atoms with Crippen LogP contribution in [-0.4, -0.2) is 15.0 Å². The molecule has 2 aromatic heterocycles. The molecular weight excluding hydrogens is 599 g/mol. The van der Waals surface area contributed by atoms with Crippen molar-refractivity contribution in [2.45, 2.75) is 0 Å². The van der Waals surface area contributed by atoms with Crippen LogP contribution in [0.15, 0.2) is 168 Å². The number of rotatable bonds is 4. The monoisotopic (exact) mass is 625 g/mol. The number of hydrogen-bond acceptors (Lipinski definition) is 4. The van der Waals surface area contributed by atoms with Crippen LogP contribution in [0, 0.1) is 0 Å². The van der Waals surface area contributed by atoms with Gasteiger partial charge in [-0.3, -0.25) is 0 Å². The molecule has 0 spiro atoms. The minimum atomic E-state index is 0.635. The van der Waals surface area contributed by atoms with Gasteiger partial charge in [-0.05, 0) is 67.7 Å². The molecule has 0 amide bonds. The molecule has 2 heterocycles. The zero-order chi connectivity index (χ0) is 32.3. The van der Waals surface area contributed by atoms with E-state index in [0.717, 1.165) is 71.3 Å². The van der Waals surface area contributed by atoms with Crippen molar-refractivity contribution < 1.29 is 4.42 Å². The Balaban J connectivity index is 1.24. The van der Waals surface area contributed by atoms with Crippen molar-refractivity contribution in [2.75, 3.05) is 0 Å². The second-order valence-corrected chi connectivity index (χ2v) is 12.3. The highest BCUT2D eigenvalue weighted by Crippen LogP contribution is 2.42. The van der Waals surface area contributed by atoms with E-state index in [1.54, 1.807) is 0 Å². The predicted molar refractivity (Wildman–Crippen MR) is 201 cm³/mol. The average Bonchev–Trinajstić information content (AvgIpc) is 3.56. The zero-order valence-corrected chi connectivity index (χ0v) is 26.3. The molecule has 0 N–H and O–H groups in total. The molecular formula is C45H27N3O. The minimum Gasteiger partial charge on any atom is -0.456 e. The summed E-state index contributed by atoms with van der Waals surface area (Å²) in [5.41, 5.74) is 6.91. The fourth-order valence-electron chi connectivity index (χ4n) is 7.30. The highest BCUT2D eigenvalue weighted by molar-refractivity contribution is 6.17. The van der Waals surface area contributed by atoms with Crippen molar-refractivity contribution >= 4 is 54.3 Å². The molecule has 0 aliphatic carbocycles. The Morgan fingerprint density at radius 1 is 0.327 bits per heavy atom. The molecule has 10 rings (SSSR count). The molecule has 49 heavy (non-hydrogen) atoms. The van der Waals surface area contributed by atoms with Crippen LogP contribution in [0.3, 0.4) is 0 Å². The van der Waals surface area contributed by atoms with E-state index in [0.29, 0.717) is 17.5 Å². The van der Waals surface area contributed by atoms with E-state index in [2.05, 4.69) is 127 Å². The molecule has 0 saturated carbocycles. The maximum atomic E-state index is 6.26. The quantitative estimate of drug-likeness (QED) is 0.183. The number of nitrogens with zero attached hydrogens (tertiary/aromatic N) is 3. The molecule has 0 saturated heterocycles. The van der Waals surface area contributed by atoms with Crippen molar-refractivity contribution in [3.8, 4) is 45.3 Å². The number of fused-ring (bicyclic) bond motifs is 7. The second kappa shape index (κ2) is 11.0. The number of hydrogen-bond donors (Lipinski definition) is 0. The van der Waals surface area contributed by atoms with E-state index < -0.39 is 0 Å². The molecule has 0 unspecified atom stereocenters. The van der Waals surface area contributed by atoms with Gasteiger partial charge in [0, 0.05) is 27.5 Å². The van der Waals surface area contributed by atoms with Gasteiger partial charge in [-0.25, -0.2) is 15.0 Å². The van der Waals surface area contributed by atoms with Gasteiger partial charge < -0.3 is 4.42 Å². The van der Waals surface area contributed by atoms with Crippen LogP contribution in [0.5, 0.6) is 0 Å². The number of benzene rings is 8. The third-order valence-corrected chi connectivity index (χ3v) is 9.53. The van der Waals surface area contributed by atoms with Gasteiger partial charge in [-0.15, -0.1) is 0 Å². The molecule has 4 heteroatoms. The third kappa shape index (κ3) is 4.42. The molecule has 0 atom stereocenters. The van der Waals surface area contributed by atoms with Gasteiger partial charge in [0.2, 0.25) is 0 Å². The number of para-hydroxylation sites is 1. The predicted octanol–water partition coefficient (Wildman–Crippen LogP) is 11.9. The first kappa shape index (κ1) is 27.5. The van der Waals surface area contributed by atoms with Crippen LogP contribution in [0.25, 0.3) is 99.5 Å². The van der Waals surface area contributed by atoms with Crippen molar-refractivity contribution in [3.63, 3.8) is 0 Å². The van der Waals surface area contributed by atoms with E-state index in [1.165, 1.54) is 10.8 Å². The van der Waals surface area contributed by atoms with Gasteiger partial charge >= 0.3 is 0 Å². The van der Waals surface area contributed by atoms with Crippen LogP contribution in [-0.2, 0) is 0 Å². The largest absolute Gasteiger partial charge is 0.456 e. The van der Waals surface area contributed by atoms with E-state index in [4.69, 9.17) is 19.4 Å². The number of aromatic nitrogens is 3. The fraction of sp³-hybridized carbons (Fsp3) is 0. The van der Waals surface area contributed by atoms with E-state index in [9.17, 15) is 0 Å². The topological polar surface area (TPSA) is 51.8 Å². The maximum absolute atomic E-state index is 6.26. The highest BCUT2D eigenvalue weighted by Gasteiger charge is 2.19. The Morgan fingerprint density at radius 2 is 0.878 bits per heavy atom. The Labute approximate surface area is 282 Å². The summed E-state index contributed by atoms with van der Waals surface area (Å²) in [5, 5.41) is 9.07. The summed E-state index contributed by atoms with van der Waals surface area (Å²) in [7, 11) is 0. The lowest BCUT2D eigenvalue weighted by Gasteiger charge is -2.15. The first-order chi connectivity index (χ1) is 24.3. The Hall–Kier alpha value is -6.65. The normalized spacial score (nSPS) is 11.7. The summed E-state index contributed by atoms with van der Waals surface area (Å²) in [5.74, 6) is 1.92. The molecule has 0 aliphatic heterocycles. The molecule has 0 radical (unpaired) electrons. The minimum absolute atomic E-state index is 0.635. The standard InChI is InChI=1S/C45H27N3O/c1-2-13-28(14-3-1)43-46-44(48-45(47-43)39-27-29-15-4-5-16-30(29)31-17-6-9-20-34(31)39)37-26-25-35(32-18-7-8-19-33(32)37)36-22-12-24-41-42(36)38-21-10-11-23-40(38)49-41/h1-27H. The smallest absolute Gasteiger partial charge is 0.164 e. The summed E-state index contributed by atoms with van der Waals surface area (Å²) >= 11 is 0. The first-order valence-electron chi connectivity index (χ1n) is 16.5. The third-order valence-electron chi connectivity index (χ3n) is 9.53. The molecule has 0 aliphatic rings. The van der Waals surface area contributed by atoms with Crippen LogP contribution >= 0.6 is 0 Å². The Kier molecular flexibility index (Phi) is 6.15. The Morgan fingerprint density at radius 3 is 1.67 bits per heavy atom. The molecule has 10 aromatic rings. The molecule has 4 nitrogen and oxygen atoms in total. The van der Waals surface area contributed by atoms with Crippen LogP contribution < -0.4 is 0 Å². The molecule has 0 bridgehead atoms. The van der Waals surface area contributed by atoms with E-state index in [1.807, 2.05) is 36.4 Å². The van der Waals surface area contributed by atoms with Gasteiger partial charge in [0.1, 0.15) is 11.2 Å². The van der Waals surface area contributed by atoms with Crippen LogP contribution in [0.1, 0.15) is 0 Å². The molecule has 228 valence electrons. The average molecular weight is 626 g/mol. The van der Waals surface area contributed by atoms with Gasteiger partial charge in [-0.2, -0.15) is 0 Å². The Bertz CT molecular complexity index is 2890. The summed E-state index contributed by atoms with van der Waals surface area (Å²) in [6.45, 7) is 0. The summed E-state index contributed by atoms with van der Waals surface area (Å²) in [6, 6.07) is 56.8. The van der Waals surface area contributed by atoms with Crippen LogP contribution in [0.2, 0.25) is 0 Å². The molecule has 8 aromatic carbocycles. The SMILES string of the molecule is c1ccc(-c2nc(-c3ccc(-c4cccc5oc6ccccc6c45)c4ccccc34)nc(-c3cc4ccccc4c4ccccc34)n2)cc1. The van der Waals surface area contributed by atoms with Gasteiger partial charge in [0.05, 0.1) is 0 Å². The van der Waals surface area contributed by atoms with Crippen molar-refractivity contribution in [1.82, 2.24) is 15.0 Å². The zero-order valence-electron chi connectivity index (χ0n) is 26.3. The van der Waals surface area contributed by atoms with Crippen molar-refractivity contribution in [3.05, 3.63) is 164 Å².